The first-order valence-corrected chi connectivity index (χ1v) is 12.3. The number of halogens is 4. The van der Waals surface area contributed by atoms with Gasteiger partial charge in [-0.05, 0) is 93.7 Å². The molecule has 0 spiro atoms. The highest BCUT2D eigenvalue weighted by Gasteiger charge is 2.41. The molecule has 30 heavy (non-hydrogen) atoms. The van der Waals surface area contributed by atoms with Gasteiger partial charge in [0.25, 0.3) is 5.91 Å². The van der Waals surface area contributed by atoms with Gasteiger partial charge in [0, 0.05) is 5.02 Å². The van der Waals surface area contributed by atoms with Gasteiger partial charge >= 0.3 is 10.3 Å². The Balaban J connectivity index is 1.71. The molecule has 0 atom stereocenters. The van der Waals surface area contributed by atoms with E-state index in [0.29, 0.717) is 22.3 Å². The number of pyridine rings is 1. The quantitative estimate of drug-likeness (QED) is 0.260. The summed E-state index contributed by atoms with van der Waals surface area (Å²) in [7, 11) is -4.45. The molecule has 1 aliphatic heterocycles. The van der Waals surface area contributed by atoms with Crippen LogP contribution in [0.5, 0.6) is 17.2 Å². The zero-order valence-electron chi connectivity index (χ0n) is 14.5. The Morgan fingerprint density at radius 2 is 1.73 bits per heavy atom. The predicted octanol–water partition coefficient (Wildman–Crippen LogP) is 5.67. The highest BCUT2D eigenvalue weighted by Crippen LogP contribution is 2.38. The Labute approximate surface area is 208 Å². The summed E-state index contributed by atoms with van der Waals surface area (Å²) in [6.45, 7) is 0. The summed E-state index contributed by atoms with van der Waals surface area (Å²) in [5.41, 5.74) is -0.103. The Bertz CT molecular complexity index is 1290. The van der Waals surface area contributed by atoms with Crippen LogP contribution in [0.4, 0.5) is 5.69 Å². The van der Waals surface area contributed by atoms with Crippen molar-refractivity contribution < 1.29 is 22.1 Å². The van der Waals surface area contributed by atoms with Crippen LogP contribution >= 0.6 is 68.4 Å². The molecular weight excluding hydrogens is 681 g/mol. The van der Waals surface area contributed by atoms with Crippen molar-refractivity contribution in [3.8, 4) is 17.2 Å². The molecule has 0 fully saturated rings. The van der Waals surface area contributed by atoms with Gasteiger partial charge in [-0.25, -0.2) is 4.98 Å². The first-order chi connectivity index (χ1) is 14.2. The minimum absolute atomic E-state index is 0.00484. The molecule has 3 aromatic rings. The number of rotatable bonds is 3. The number of carbonyl (C=O) groups excluding carboxylic acids is 1. The number of hydrogen-bond donors (Lipinski definition) is 0. The number of ether oxygens (including phenoxy) is 1. The summed E-state index contributed by atoms with van der Waals surface area (Å²) in [4.78, 5) is 17.1. The maximum absolute atomic E-state index is 13.0. The Hall–Kier alpha value is -1.35. The fourth-order valence-corrected chi connectivity index (χ4v) is 6.03. The molecule has 1 aromatic heterocycles. The molecule has 12 heteroatoms. The number of fused-ring (bicyclic) bond motifs is 1. The third-order valence-electron chi connectivity index (χ3n) is 3.89. The minimum Gasteiger partial charge on any atom is -0.456 e. The van der Waals surface area contributed by atoms with Gasteiger partial charge in [0.2, 0.25) is 0 Å². The molecule has 0 saturated heterocycles. The van der Waals surface area contributed by atoms with E-state index in [1.165, 1.54) is 18.2 Å². The van der Waals surface area contributed by atoms with Crippen LogP contribution in [0.1, 0.15) is 10.5 Å². The normalized spacial score (nSPS) is 14.8. The molecule has 0 N–H and O–H groups in total. The largest absolute Gasteiger partial charge is 0.456 e. The lowest BCUT2D eigenvalue weighted by Gasteiger charge is -2.27. The van der Waals surface area contributed by atoms with E-state index in [1.807, 2.05) is 45.2 Å². The molecule has 1 aliphatic rings. The number of anilines is 1. The second kappa shape index (κ2) is 8.30. The van der Waals surface area contributed by atoms with Crippen molar-refractivity contribution in [3.63, 3.8) is 0 Å². The highest BCUT2D eigenvalue weighted by molar-refractivity contribution is 14.1. The van der Waals surface area contributed by atoms with E-state index in [2.05, 4.69) is 4.98 Å². The van der Waals surface area contributed by atoms with Crippen molar-refractivity contribution >= 4 is 90.3 Å². The Morgan fingerprint density at radius 1 is 1.03 bits per heavy atom. The van der Waals surface area contributed by atoms with E-state index in [-0.39, 0.29) is 27.9 Å². The molecule has 0 radical (unpaired) electrons. The number of amides is 1. The van der Waals surface area contributed by atoms with Crippen molar-refractivity contribution in [2.24, 2.45) is 0 Å². The van der Waals surface area contributed by atoms with Crippen LogP contribution in [0.2, 0.25) is 10.0 Å². The first-order valence-electron chi connectivity index (χ1n) is 8.04. The van der Waals surface area contributed by atoms with E-state index in [4.69, 9.17) is 32.1 Å². The zero-order valence-corrected chi connectivity index (χ0v) is 21.1. The van der Waals surface area contributed by atoms with Crippen LogP contribution in [0.25, 0.3) is 0 Å². The standard InChI is InChI=1S/C18H8Cl2I2N2O5S/c19-9-1-4-11(5-2-9)28-14-6-3-10(7-12(14)20)24-18(25)16-17(29-30(24,26)27)13(21)8-15(22)23-16/h1-8H. The molecule has 0 unspecified atom stereocenters. The van der Waals surface area contributed by atoms with Gasteiger partial charge in [-0.1, -0.05) is 23.2 Å². The maximum atomic E-state index is 13.0. The fraction of sp³-hybridized carbons (Fsp3) is 0. The SMILES string of the molecule is O=C1c2nc(I)cc(I)c2OS(=O)(=O)N1c1ccc(Oc2ccc(Cl)cc2)c(Cl)c1. The van der Waals surface area contributed by atoms with Crippen LogP contribution in [-0.2, 0) is 10.3 Å². The summed E-state index contributed by atoms with van der Waals surface area (Å²) in [5.74, 6) is -0.171. The predicted molar refractivity (Wildman–Crippen MR) is 129 cm³/mol. The summed E-state index contributed by atoms with van der Waals surface area (Å²) >= 11 is 16.0. The maximum Gasteiger partial charge on any atom is 0.417 e. The fourth-order valence-electron chi connectivity index (χ4n) is 2.61. The second-order valence-corrected chi connectivity index (χ2v) is 10.4. The number of hydrogen-bond acceptors (Lipinski definition) is 6. The summed E-state index contributed by atoms with van der Waals surface area (Å²) in [6, 6.07) is 12.4. The van der Waals surface area contributed by atoms with E-state index < -0.39 is 16.2 Å². The number of aromatic nitrogens is 1. The molecule has 2 heterocycles. The molecule has 2 aromatic carbocycles. The highest BCUT2D eigenvalue weighted by atomic mass is 127. The molecule has 4 rings (SSSR count). The number of nitrogens with zero attached hydrogens (tertiary/aromatic N) is 2. The molecule has 0 aliphatic carbocycles. The van der Waals surface area contributed by atoms with Gasteiger partial charge < -0.3 is 8.92 Å². The average molecular weight is 689 g/mol. The third kappa shape index (κ3) is 4.20. The smallest absolute Gasteiger partial charge is 0.417 e. The van der Waals surface area contributed by atoms with E-state index in [0.717, 1.165) is 0 Å². The van der Waals surface area contributed by atoms with Gasteiger partial charge in [-0.15, -0.1) is 0 Å². The van der Waals surface area contributed by atoms with Gasteiger partial charge in [0.1, 0.15) is 15.2 Å². The van der Waals surface area contributed by atoms with Crippen molar-refractivity contribution in [1.29, 1.82) is 0 Å². The molecule has 1 amide bonds. The third-order valence-corrected chi connectivity index (χ3v) is 6.99. The van der Waals surface area contributed by atoms with Crippen molar-refractivity contribution in [2.45, 2.75) is 0 Å². The molecule has 0 saturated carbocycles. The van der Waals surface area contributed by atoms with Crippen LogP contribution in [0, 0.1) is 7.27 Å². The van der Waals surface area contributed by atoms with Crippen molar-refractivity contribution in [2.75, 3.05) is 4.31 Å². The lowest BCUT2D eigenvalue weighted by atomic mass is 10.2. The average Bonchev–Trinajstić information content (AvgIpc) is 2.66. The number of benzene rings is 2. The monoisotopic (exact) mass is 688 g/mol. The van der Waals surface area contributed by atoms with E-state index in [9.17, 15) is 13.2 Å². The molecular formula is C18H8Cl2I2N2O5S. The van der Waals surface area contributed by atoms with Crippen LogP contribution in [-0.4, -0.2) is 19.3 Å². The van der Waals surface area contributed by atoms with E-state index >= 15 is 0 Å². The van der Waals surface area contributed by atoms with E-state index in [1.54, 1.807) is 30.3 Å². The molecule has 0 bridgehead atoms. The Morgan fingerprint density at radius 3 is 2.40 bits per heavy atom. The van der Waals surface area contributed by atoms with Gasteiger partial charge in [0.05, 0.1) is 14.3 Å². The number of carbonyl (C=O) groups is 1. The van der Waals surface area contributed by atoms with Crippen LogP contribution in [0.3, 0.4) is 0 Å². The van der Waals surface area contributed by atoms with Gasteiger partial charge in [-0.2, -0.15) is 12.7 Å². The first kappa shape index (κ1) is 21.9. The summed E-state index contributed by atoms with van der Waals surface area (Å²) in [6.07, 6.45) is 0. The zero-order chi connectivity index (χ0) is 21.6. The van der Waals surface area contributed by atoms with Crippen LogP contribution in [0.15, 0.2) is 48.5 Å². The van der Waals surface area contributed by atoms with Crippen molar-refractivity contribution in [1.82, 2.24) is 4.98 Å². The lowest BCUT2D eigenvalue weighted by molar-refractivity contribution is 0.0991. The van der Waals surface area contributed by atoms with Gasteiger partial charge in [0.15, 0.2) is 11.4 Å². The molecule has 7 nitrogen and oxygen atoms in total. The van der Waals surface area contributed by atoms with Gasteiger partial charge in [-0.3, -0.25) is 4.79 Å². The topological polar surface area (TPSA) is 85.8 Å². The summed E-state index contributed by atoms with van der Waals surface area (Å²) in [5, 5.41) is 0.650. The molecule has 154 valence electrons. The van der Waals surface area contributed by atoms with Crippen LogP contribution < -0.4 is 13.2 Å². The lowest BCUT2D eigenvalue weighted by Crippen LogP contribution is -2.44. The van der Waals surface area contributed by atoms with Crippen molar-refractivity contribution in [3.05, 3.63) is 71.5 Å². The second-order valence-electron chi connectivity index (χ2n) is 5.89. The minimum atomic E-state index is -4.45. The summed E-state index contributed by atoms with van der Waals surface area (Å²) < 4.78 is 37.7. The Kier molecular flexibility index (Phi) is 6.05.